The van der Waals surface area contributed by atoms with E-state index in [4.69, 9.17) is 4.43 Å². The Balaban J connectivity index is 2.15. The van der Waals surface area contributed by atoms with Gasteiger partial charge in [0.25, 0.3) is 0 Å². The Morgan fingerprint density at radius 1 is 0.920 bits per heavy atom. The van der Waals surface area contributed by atoms with Gasteiger partial charge in [-0.2, -0.15) is 0 Å². The number of nitrogens with zero attached hydrogens (tertiary/aromatic N) is 1. The number of hydrogen-bond donors (Lipinski definition) is 0. The molecule has 0 amide bonds. The zero-order chi connectivity index (χ0) is 18.5. The second-order valence-electron chi connectivity index (χ2n) is 8.46. The summed E-state index contributed by atoms with van der Waals surface area (Å²) in [6.45, 7) is 13.4. The Labute approximate surface area is 155 Å². The molecule has 0 aliphatic heterocycles. The molecule has 0 bridgehead atoms. The maximum atomic E-state index is 6.79. The van der Waals surface area contributed by atoms with Crippen molar-refractivity contribution in [2.75, 3.05) is 13.6 Å². The summed E-state index contributed by atoms with van der Waals surface area (Å²) in [6.07, 6.45) is 0.107. The third-order valence-electron chi connectivity index (χ3n) is 5.19. The van der Waals surface area contributed by atoms with Crippen molar-refractivity contribution in [1.29, 1.82) is 0 Å². The molecule has 1 atom stereocenters. The van der Waals surface area contributed by atoms with Crippen LogP contribution < -0.4 is 0 Å². The Bertz CT molecular complexity index is 634. The molecule has 25 heavy (non-hydrogen) atoms. The smallest absolute Gasteiger partial charge is 0.192 e. The van der Waals surface area contributed by atoms with Crippen molar-refractivity contribution in [2.45, 2.75) is 51.6 Å². The Kier molecular flexibility index (Phi) is 6.61. The average molecular weight is 356 g/mol. The molecule has 2 nitrogen and oxygen atoms in total. The van der Waals surface area contributed by atoms with Crippen LogP contribution in [0.25, 0.3) is 0 Å². The highest BCUT2D eigenvalue weighted by Crippen LogP contribution is 2.39. The van der Waals surface area contributed by atoms with Gasteiger partial charge in [-0.05, 0) is 36.3 Å². The Hall–Kier alpha value is -1.42. The van der Waals surface area contributed by atoms with Gasteiger partial charge < -0.3 is 4.43 Å². The molecule has 0 radical (unpaired) electrons. The molecule has 2 aromatic carbocycles. The van der Waals surface area contributed by atoms with Crippen molar-refractivity contribution in [1.82, 2.24) is 4.90 Å². The van der Waals surface area contributed by atoms with Gasteiger partial charge in [-0.15, -0.1) is 0 Å². The van der Waals surface area contributed by atoms with Gasteiger partial charge in [-0.3, -0.25) is 4.90 Å². The molecule has 3 heteroatoms. The quantitative estimate of drug-likeness (QED) is 0.575. The number of hydrogen-bond acceptors (Lipinski definition) is 2. The molecule has 0 aliphatic carbocycles. The zero-order valence-corrected chi connectivity index (χ0v) is 17.6. The normalized spacial score (nSPS) is 13.9. The predicted octanol–water partition coefficient (Wildman–Crippen LogP) is 5.88. The molecular weight excluding hydrogens is 322 g/mol. The highest BCUT2D eigenvalue weighted by molar-refractivity contribution is 6.74. The largest absolute Gasteiger partial charge is 0.409 e. The molecule has 1 unspecified atom stereocenters. The van der Waals surface area contributed by atoms with E-state index in [1.165, 1.54) is 11.1 Å². The van der Waals surface area contributed by atoms with E-state index in [9.17, 15) is 0 Å². The van der Waals surface area contributed by atoms with Crippen LogP contribution in [-0.4, -0.2) is 26.8 Å². The zero-order valence-electron chi connectivity index (χ0n) is 16.6. The lowest BCUT2D eigenvalue weighted by Gasteiger charge is -2.40. The summed E-state index contributed by atoms with van der Waals surface area (Å²) in [5, 5.41) is 0.206. The van der Waals surface area contributed by atoms with Gasteiger partial charge in [0, 0.05) is 13.1 Å². The minimum absolute atomic E-state index is 0.107. The summed E-state index contributed by atoms with van der Waals surface area (Å²) >= 11 is 0. The second-order valence-corrected chi connectivity index (χ2v) is 13.2. The molecule has 0 aliphatic rings. The van der Waals surface area contributed by atoms with Gasteiger partial charge in [-0.25, -0.2) is 0 Å². The summed E-state index contributed by atoms with van der Waals surface area (Å²) < 4.78 is 6.79. The lowest BCUT2D eigenvalue weighted by Crippen LogP contribution is -2.43. The van der Waals surface area contributed by atoms with Gasteiger partial charge in [0.15, 0.2) is 8.32 Å². The fourth-order valence-corrected chi connectivity index (χ4v) is 3.93. The maximum absolute atomic E-state index is 6.79. The van der Waals surface area contributed by atoms with Crippen molar-refractivity contribution in [3.63, 3.8) is 0 Å². The fraction of sp³-hybridized carbons (Fsp3) is 0.455. The first kappa shape index (κ1) is 19.9. The topological polar surface area (TPSA) is 12.5 Å². The van der Waals surface area contributed by atoms with Crippen molar-refractivity contribution in [3.8, 4) is 0 Å². The van der Waals surface area contributed by atoms with Crippen LogP contribution in [0.5, 0.6) is 0 Å². The molecule has 136 valence electrons. The van der Waals surface area contributed by atoms with Crippen molar-refractivity contribution >= 4 is 8.32 Å². The summed E-state index contributed by atoms with van der Waals surface area (Å²) in [6, 6.07) is 21.3. The maximum Gasteiger partial charge on any atom is 0.192 e. The van der Waals surface area contributed by atoms with Crippen molar-refractivity contribution in [3.05, 3.63) is 71.8 Å². The number of likely N-dealkylation sites (N-methyl/N-ethyl adjacent to an activating group) is 1. The first-order valence-electron chi connectivity index (χ1n) is 9.14. The molecule has 0 spiro atoms. The van der Waals surface area contributed by atoms with Crippen LogP contribution in [0.3, 0.4) is 0 Å². The van der Waals surface area contributed by atoms with Crippen molar-refractivity contribution in [2.24, 2.45) is 0 Å². The van der Waals surface area contributed by atoms with E-state index in [0.29, 0.717) is 0 Å². The van der Waals surface area contributed by atoms with Crippen LogP contribution in [-0.2, 0) is 11.0 Å². The van der Waals surface area contributed by atoms with E-state index in [1.54, 1.807) is 0 Å². The summed E-state index contributed by atoms with van der Waals surface area (Å²) in [5.74, 6) is 0. The summed E-state index contributed by atoms with van der Waals surface area (Å²) in [7, 11) is 0.342. The van der Waals surface area contributed by atoms with Crippen LogP contribution in [0, 0.1) is 0 Å². The third-order valence-corrected chi connectivity index (χ3v) is 9.67. The molecule has 0 N–H and O–H groups in total. The monoisotopic (exact) mass is 355 g/mol. The SMILES string of the molecule is CN(Cc1ccccc1)CC(O[Si](C)(C)C(C)(C)C)c1ccccc1. The number of benzene rings is 2. The Morgan fingerprint density at radius 3 is 1.96 bits per heavy atom. The van der Waals surface area contributed by atoms with E-state index < -0.39 is 8.32 Å². The molecule has 0 saturated heterocycles. The van der Waals surface area contributed by atoms with Crippen LogP contribution in [0.4, 0.5) is 0 Å². The molecule has 2 rings (SSSR count). The summed E-state index contributed by atoms with van der Waals surface area (Å²) in [5.41, 5.74) is 2.61. The number of rotatable bonds is 7. The van der Waals surface area contributed by atoms with Crippen LogP contribution in [0.1, 0.15) is 38.0 Å². The lowest BCUT2D eigenvalue weighted by molar-refractivity contribution is 0.131. The molecule has 0 saturated carbocycles. The van der Waals surface area contributed by atoms with Crippen molar-refractivity contribution < 1.29 is 4.43 Å². The fourth-order valence-electron chi connectivity index (χ4n) is 2.65. The van der Waals surface area contributed by atoms with Crippen LogP contribution in [0.15, 0.2) is 60.7 Å². The van der Waals surface area contributed by atoms with Gasteiger partial charge in [0.05, 0.1) is 6.10 Å². The second kappa shape index (κ2) is 8.30. The van der Waals surface area contributed by atoms with E-state index in [0.717, 1.165) is 13.1 Å². The summed E-state index contributed by atoms with van der Waals surface area (Å²) in [4.78, 5) is 2.36. The minimum atomic E-state index is -1.84. The lowest BCUT2D eigenvalue weighted by atomic mass is 10.1. The minimum Gasteiger partial charge on any atom is -0.409 e. The highest BCUT2D eigenvalue weighted by atomic mass is 28.4. The van der Waals surface area contributed by atoms with Gasteiger partial charge in [-0.1, -0.05) is 81.4 Å². The molecule has 0 heterocycles. The third kappa shape index (κ3) is 5.81. The predicted molar refractivity (Wildman–Crippen MR) is 110 cm³/mol. The average Bonchev–Trinajstić information content (AvgIpc) is 2.54. The standard InChI is InChI=1S/C22H33NOSi/c1-22(2,3)25(5,6)24-21(20-15-11-8-12-16-20)18-23(4)17-19-13-9-7-10-14-19/h7-16,21H,17-18H2,1-6H3. The molecule has 0 aromatic heterocycles. The van der Waals surface area contributed by atoms with E-state index in [-0.39, 0.29) is 11.1 Å². The van der Waals surface area contributed by atoms with Gasteiger partial charge >= 0.3 is 0 Å². The van der Waals surface area contributed by atoms with E-state index in [2.05, 4.69) is 106 Å². The molecule has 2 aromatic rings. The van der Waals surface area contributed by atoms with Gasteiger partial charge in [0.2, 0.25) is 0 Å². The first-order chi connectivity index (χ1) is 11.7. The Morgan fingerprint density at radius 2 is 1.44 bits per heavy atom. The van der Waals surface area contributed by atoms with Crippen LogP contribution >= 0.6 is 0 Å². The highest BCUT2D eigenvalue weighted by Gasteiger charge is 2.39. The van der Waals surface area contributed by atoms with E-state index in [1.807, 2.05) is 0 Å². The molecule has 0 fully saturated rings. The van der Waals surface area contributed by atoms with E-state index >= 15 is 0 Å². The molecular formula is C22H33NOSi. The first-order valence-corrected chi connectivity index (χ1v) is 12.0. The van der Waals surface area contributed by atoms with Gasteiger partial charge in [0.1, 0.15) is 0 Å². The van der Waals surface area contributed by atoms with Crippen LogP contribution in [0.2, 0.25) is 18.1 Å².